The topological polar surface area (TPSA) is 105 Å². The highest BCUT2D eigenvalue weighted by Crippen LogP contribution is 2.30. The number of urea groups is 1. The standard InChI is InChI=1S/C15H15N3O5/c1-9-10-5-3-4-6-11(10)14(21)18(9)7-13(20)23-8-12(19)17-15(22)16-2/h3-6H,1,7-8H2,2H3,(H2,16,17,19,22). The molecule has 0 unspecified atom stereocenters. The highest BCUT2D eigenvalue weighted by atomic mass is 16.5. The minimum absolute atomic E-state index is 0.350. The molecule has 2 N–H and O–H groups in total. The van der Waals surface area contributed by atoms with Gasteiger partial charge in [0.15, 0.2) is 6.61 Å². The van der Waals surface area contributed by atoms with Crippen LogP contribution in [0.3, 0.4) is 0 Å². The molecule has 1 aromatic carbocycles. The number of fused-ring (bicyclic) bond motifs is 1. The van der Waals surface area contributed by atoms with Crippen molar-refractivity contribution < 1.29 is 23.9 Å². The molecule has 0 radical (unpaired) electrons. The Kier molecular flexibility index (Phi) is 4.75. The zero-order valence-electron chi connectivity index (χ0n) is 12.4. The van der Waals surface area contributed by atoms with Crippen LogP contribution in [-0.2, 0) is 14.3 Å². The number of carbonyl (C=O) groups excluding carboxylic acids is 4. The highest BCUT2D eigenvalue weighted by Gasteiger charge is 2.32. The third-order valence-electron chi connectivity index (χ3n) is 3.17. The first kappa shape index (κ1) is 16.2. The van der Waals surface area contributed by atoms with Crippen LogP contribution in [0, 0.1) is 0 Å². The number of ether oxygens (including phenoxy) is 1. The molecule has 8 heteroatoms. The van der Waals surface area contributed by atoms with Gasteiger partial charge in [0, 0.05) is 23.9 Å². The number of nitrogens with zero attached hydrogens (tertiary/aromatic N) is 1. The first-order valence-electron chi connectivity index (χ1n) is 6.71. The van der Waals surface area contributed by atoms with Gasteiger partial charge in [0.25, 0.3) is 11.8 Å². The minimum Gasteiger partial charge on any atom is -0.454 e. The van der Waals surface area contributed by atoms with Crippen LogP contribution in [-0.4, -0.2) is 48.9 Å². The lowest BCUT2D eigenvalue weighted by atomic mass is 10.1. The molecule has 8 nitrogen and oxygen atoms in total. The first-order chi connectivity index (χ1) is 10.9. The summed E-state index contributed by atoms with van der Waals surface area (Å²) < 4.78 is 4.74. The monoisotopic (exact) mass is 317 g/mol. The molecule has 0 atom stereocenters. The lowest BCUT2D eigenvalue weighted by molar-refractivity contribution is -0.148. The number of benzene rings is 1. The zero-order chi connectivity index (χ0) is 17.0. The summed E-state index contributed by atoms with van der Waals surface area (Å²) in [4.78, 5) is 47.4. The molecule has 4 amide bonds. The van der Waals surface area contributed by atoms with Gasteiger partial charge in [-0.05, 0) is 6.07 Å². The summed E-state index contributed by atoms with van der Waals surface area (Å²) in [5.74, 6) is -1.90. The summed E-state index contributed by atoms with van der Waals surface area (Å²) in [6.45, 7) is 2.81. The van der Waals surface area contributed by atoms with Crippen molar-refractivity contribution in [2.24, 2.45) is 0 Å². The van der Waals surface area contributed by atoms with Gasteiger partial charge in [-0.15, -0.1) is 0 Å². The number of nitrogens with one attached hydrogen (secondary N) is 2. The maximum Gasteiger partial charge on any atom is 0.326 e. The Morgan fingerprint density at radius 2 is 1.87 bits per heavy atom. The predicted octanol–water partition coefficient (Wildman–Crippen LogP) is 0.112. The first-order valence-corrected chi connectivity index (χ1v) is 6.71. The molecule has 0 spiro atoms. The number of esters is 1. The van der Waals surface area contributed by atoms with Crippen molar-refractivity contribution in [3.8, 4) is 0 Å². The maximum absolute atomic E-state index is 12.2. The molecule has 0 fully saturated rings. The van der Waals surface area contributed by atoms with Gasteiger partial charge >= 0.3 is 12.0 Å². The number of amides is 4. The van der Waals surface area contributed by atoms with Crippen molar-refractivity contribution in [3.05, 3.63) is 42.0 Å². The second-order valence-electron chi connectivity index (χ2n) is 4.67. The summed E-state index contributed by atoms with van der Waals surface area (Å²) in [6, 6.07) is 6.16. The summed E-state index contributed by atoms with van der Waals surface area (Å²) >= 11 is 0. The quantitative estimate of drug-likeness (QED) is 0.767. The van der Waals surface area contributed by atoms with E-state index >= 15 is 0 Å². The molecule has 1 heterocycles. The second-order valence-corrected chi connectivity index (χ2v) is 4.67. The van der Waals surface area contributed by atoms with Crippen molar-refractivity contribution in [1.29, 1.82) is 0 Å². The van der Waals surface area contributed by atoms with E-state index in [9.17, 15) is 19.2 Å². The van der Waals surface area contributed by atoms with E-state index in [-0.39, 0.29) is 12.5 Å². The van der Waals surface area contributed by atoms with Gasteiger partial charge in [-0.1, -0.05) is 24.8 Å². The van der Waals surface area contributed by atoms with Crippen molar-refractivity contribution in [2.45, 2.75) is 0 Å². The zero-order valence-corrected chi connectivity index (χ0v) is 12.4. The molecule has 0 saturated heterocycles. The van der Waals surface area contributed by atoms with E-state index in [0.717, 1.165) is 0 Å². The van der Waals surface area contributed by atoms with Crippen molar-refractivity contribution >= 4 is 29.5 Å². The molecule has 2 rings (SSSR count). The third-order valence-corrected chi connectivity index (χ3v) is 3.17. The number of carbonyl (C=O) groups is 4. The van der Waals surface area contributed by atoms with Crippen LogP contribution in [0.25, 0.3) is 5.70 Å². The molecule has 0 saturated carbocycles. The van der Waals surface area contributed by atoms with E-state index in [0.29, 0.717) is 16.8 Å². The fourth-order valence-electron chi connectivity index (χ4n) is 2.05. The Labute approximate surface area is 132 Å². The molecule has 1 aliphatic rings. The van der Waals surface area contributed by atoms with Crippen LogP contribution in [0.15, 0.2) is 30.8 Å². The summed E-state index contributed by atoms with van der Waals surface area (Å²) in [7, 11) is 1.34. The number of hydrogen-bond donors (Lipinski definition) is 2. The van der Waals surface area contributed by atoms with E-state index in [1.807, 2.05) is 5.32 Å². The highest BCUT2D eigenvalue weighted by molar-refractivity contribution is 6.10. The lowest BCUT2D eigenvalue weighted by Gasteiger charge is -2.16. The van der Waals surface area contributed by atoms with Gasteiger partial charge in [0.2, 0.25) is 0 Å². The van der Waals surface area contributed by atoms with Gasteiger partial charge in [-0.25, -0.2) is 4.79 Å². The van der Waals surface area contributed by atoms with Crippen LogP contribution in [0.2, 0.25) is 0 Å². The van der Waals surface area contributed by atoms with Crippen LogP contribution in [0.1, 0.15) is 15.9 Å². The number of rotatable bonds is 4. The van der Waals surface area contributed by atoms with Gasteiger partial charge < -0.3 is 10.1 Å². The Balaban J connectivity index is 1.90. The minimum atomic E-state index is -0.778. The predicted molar refractivity (Wildman–Crippen MR) is 80.1 cm³/mol. The smallest absolute Gasteiger partial charge is 0.326 e. The normalized spacial score (nSPS) is 12.7. The van der Waals surface area contributed by atoms with Crippen molar-refractivity contribution in [2.75, 3.05) is 20.2 Å². The van der Waals surface area contributed by atoms with E-state index in [2.05, 4.69) is 11.9 Å². The number of hydrogen-bond acceptors (Lipinski definition) is 5. The van der Waals surface area contributed by atoms with E-state index < -0.39 is 24.5 Å². The van der Waals surface area contributed by atoms with E-state index in [1.54, 1.807) is 24.3 Å². The second kappa shape index (κ2) is 6.73. The molecule has 120 valence electrons. The van der Waals surface area contributed by atoms with Gasteiger partial charge in [-0.2, -0.15) is 0 Å². The molecule has 23 heavy (non-hydrogen) atoms. The van der Waals surface area contributed by atoms with Crippen LogP contribution in [0.4, 0.5) is 4.79 Å². The van der Waals surface area contributed by atoms with Crippen LogP contribution in [0.5, 0.6) is 0 Å². The average molecular weight is 317 g/mol. The third kappa shape index (κ3) is 3.54. The van der Waals surface area contributed by atoms with Crippen LogP contribution >= 0.6 is 0 Å². The van der Waals surface area contributed by atoms with Gasteiger partial charge in [-0.3, -0.25) is 24.6 Å². The molecular weight excluding hydrogens is 302 g/mol. The van der Waals surface area contributed by atoms with Gasteiger partial charge in [0.1, 0.15) is 6.54 Å². The van der Waals surface area contributed by atoms with E-state index in [1.165, 1.54) is 11.9 Å². The summed E-state index contributed by atoms with van der Waals surface area (Å²) in [6.07, 6.45) is 0. The maximum atomic E-state index is 12.2. The van der Waals surface area contributed by atoms with Crippen LogP contribution < -0.4 is 10.6 Å². The molecule has 0 aliphatic carbocycles. The number of imide groups is 1. The van der Waals surface area contributed by atoms with E-state index in [4.69, 9.17) is 4.74 Å². The van der Waals surface area contributed by atoms with Crippen molar-refractivity contribution in [1.82, 2.24) is 15.5 Å². The molecular formula is C15H15N3O5. The lowest BCUT2D eigenvalue weighted by Crippen LogP contribution is -2.40. The molecule has 1 aliphatic heterocycles. The Morgan fingerprint density at radius 3 is 2.48 bits per heavy atom. The Hall–Kier alpha value is -3.16. The fourth-order valence-corrected chi connectivity index (χ4v) is 2.05. The van der Waals surface area contributed by atoms with Gasteiger partial charge in [0.05, 0.1) is 0 Å². The Bertz CT molecular complexity index is 663. The largest absolute Gasteiger partial charge is 0.454 e. The van der Waals surface area contributed by atoms with Crippen molar-refractivity contribution in [3.63, 3.8) is 0 Å². The SMILES string of the molecule is C=C1c2ccccc2C(=O)N1CC(=O)OCC(=O)NC(=O)NC. The molecule has 0 bridgehead atoms. The molecule has 1 aromatic rings. The summed E-state index contributed by atoms with van der Waals surface area (Å²) in [5, 5.41) is 4.13. The Morgan fingerprint density at radius 1 is 1.22 bits per heavy atom. The molecule has 0 aromatic heterocycles. The average Bonchev–Trinajstić information content (AvgIpc) is 2.78. The fraction of sp³-hybridized carbons (Fsp3) is 0.200. The summed E-state index contributed by atoms with van der Waals surface area (Å²) in [5.41, 5.74) is 1.52.